The molecule has 1 aromatic heterocycles. The standard InChI is InChI=1S/C48H43N3O6S2/c1-56-48(55)42-39-23-12-5-13-24-41(39)59-47(42)51-46(54)43(34-17-8-3-9-18-34)58-38-22-14-21-36(30-38)49-45(53)40(50-44(52)35-19-10-4-11-20-35)29-32-25-27-37(28-26-32)57-31-33-15-6-2-7-16-33/h2-4,6-11,14-22,25-30,43H,5,12-13,23-24,31H2,1H3,(H,49,53)(H,50,52)(H,51,54)/b40-29+. The molecule has 0 saturated heterocycles. The summed E-state index contributed by atoms with van der Waals surface area (Å²) in [5.74, 6) is -1.05. The van der Waals surface area contributed by atoms with Gasteiger partial charge in [0.2, 0.25) is 5.91 Å². The molecule has 0 bridgehead atoms. The Bertz CT molecular complexity index is 2430. The van der Waals surface area contributed by atoms with Crippen molar-refractivity contribution in [2.24, 2.45) is 0 Å². The summed E-state index contributed by atoms with van der Waals surface area (Å²) >= 11 is 2.77. The number of rotatable bonds is 14. The third kappa shape index (κ3) is 10.8. The van der Waals surface area contributed by atoms with Gasteiger partial charge in [-0.1, -0.05) is 103 Å². The molecular weight excluding hydrogens is 779 g/mol. The second-order valence-corrected chi connectivity index (χ2v) is 16.1. The van der Waals surface area contributed by atoms with E-state index in [-0.39, 0.29) is 11.6 Å². The number of fused-ring (bicyclic) bond motifs is 1. The lowest BCUT2D eigenvalue weighted by molar-refractivity contribution is -0.116. The fourth-order valence-electron chi connectivity index (χ4n) is 6.72. The molecule has 1 heterocycles. The number of esters is 1. The molecule has 0 aliphatic heterocycles. The number of anilines is 2. The van der Waals surface area contributed by atoms with E-state index in [0.29, 0.717) is 44.6 Å². The first-order valence-electron chi connectivity index (χ1n) is 19.4. The summed E-state index contributed by atoms with van der Waals surface area (Å²) in [7, 11) is 1.36. The summed E-state index contributed by atoms with van der Waals surface area (Å²) < 4.78 is 11.1. The number of benzene rings is 5. The molecule has 1 unspecified atom stereocenters. The fraction of sp³-hybridized carbons (Fsp3) is 0.167. The first-order valence-corrected chi connectivity index (χ1v) is 21.1. The highest BCUT2D eigenvalue weighted by Crippen LogP contribution is 2.41. The molecule has 1 aliphatic carbocycles. The molecule has 7 rings (SSSR count). The molecule has 3 N–H and O–H groups in total. The van der Waals surface area contributed by atoms with Crippen LogP contribution in [-0.4, -0.2) is 30.8 Å². The Hall–Kier alpha value is -6.43. The van der Waals surface area contributed by atoms with Gasteiger partial charge in [-0.3, -0.25) is 14.4 Å². The van der Waals surface area contributed by atoms with E-state index in [0.717, 1.165) is 53.7 Å². The SMILES string of the molecule is COC(=O)c1c(NC(=O)C(Sc2cccc(NC(=O)/C(=C\c3ccc(OCc4ccccc4)cc3)NC(=O)c3ccccc3)c2)c2ccccc2)sc2c1CCCCC2. The molecular formula is C48H43N3O6S2. The first kappa shape index (κ1) is 40.8. The number of hydrogen-bond acceptors (Lipinski definition) is 8. The zero-order valence-electron chi connectivity index (χ0n) is 32.4. The number of carbonyl (C=O) groups is 4. The molecule has 0 spiro atoms. The average Bonchev–Trinajstić information content (AvgIpc) is 3.44. The van der Waals surface area contributed by atoms with Gasteiger partial charge >= 0.3 is 5.97 Å². The zero-order chi connectivity index (χ0) is 41.0. The van der Waals surface area contributed by atoms with E-state index in [1.54, 1.807) is 48.5 Å². The molecule has 6 aromatic rings. The van der Waals surface area contributed by atoms with Gasteiger partial charge in [-0.05, 0) is 96.5 Å². The van der Waals surface area contributed by atoms with Crippen LogP contribution in [-0.2, 0) is 33.8 Å². The molecule has 3 amide bonds. The largest absolute Gasteiger partial charge is 0.489 e. The van der Waals surface area contributed by atoms with Gasteiger partial charge in [0.15, 0.2) is 0 Å². The average molecular weight is 822 g/mol. The van der Waals surface area contributed by atoms with Gasteiger partial charge in [0.1, 0.15) is 28.3 Å². The normalized spacial score (nSPS) is 12.9. The minimum Gasteiger partial charge on any atom is -0.489 e. The molecule has 1 atom stereocenters. The number of thioether (sulfide) groups is 1. The van der Waals surface area contributed by atoms with Crippen LogP contribution >= 0.6 is 23.1 Å². The summed E-state index contributed by atoms with van der Waals surface area (Å²) in [6.45, 7) is 0.414. The van der Waals surface area contributed by atoms with Crippen LogP contribution in [0.5, 0.6) is 5.75 Å². The predicted octanol–water partition coefficient (Wildman–Crippen LogP) is 10.3. The Morgan fingerprint density at radius 1 is 0.763 bits per heavy atom. The summed E-state index contributed by atoms with van der Waals surface area (Å²) in [6.07, 6.45) is 6.34. The van der Waals surface area contributed by atoms with Crippen LogP contribution in [0.4, 0.5) is 10.7 Å². The highest BCUT2D eigenvalue weighted by Gasteiger charge is 2.29. The van der Waals surface area contributed by atoms with Crippen molar-refractivity contribution >= 4 is 63.6 Å². The monoisotopic (exact) mass is 821 g/mol. The van der Waals surface area contributed by atoms with Gasteiger partial charge in [-0.2, -0.15) is 0 Å². The second kappa shape index (κ2) is 19.8. The van der Waals surface area contributed by atoms with Crippen LogP contribution in [0.1, 0.15) is 72.4 Å². The Labute approximate surface area is 351 Å². The first-order chi connectivity index (χ1) is 28.8. The van der Waals surface area contributed by atoms with Crippen LogP contribution < -0.4 is 20.7 Å². The van der Waals surface area contributed by atoms with Crippen molar-refractivity contribution in [2.75, 3.05) is 17.7 Å². The smallest absolute Gasteiger partial charge is 0.341 e. The number of thiophene rings is 1. The van der Waals surface area contributed by atoms with Crippen molar-refractivity contribution in [3.63, 3.8) is 0 Å². The van der Waals surface area contributed by atoms with Crippen molar-refractivity contribution in [3.8, 4) is 5.75 Å². The van der Waals surface area contributed by atoms with Crippen molar-refractivity contribution in [1.29, 1.82) is 0 Å². The van der Waals surface area contributed by atoms with Crippen molar-refractivity contribution < 1.29 is 28.7 Å². The zero-order valence-corrected chi connectivity index (χ0v) is 34.1. The van der Waals surface area contributed by atoms with E-state index >= 15 is 0 Å². The lowest BCUT2D eigenvalue weighted by atomic mass is 10.1. The second-order valence-electron chi connectivity index (χ2n) is 13.9. The minimum atomic E-state index is -0.699. The van der Waals surface area contributed by atoms with E-state index in [1.807, 2.05) is 97.1 Å². The summed E-state index contributed by atoms with van der Waals surface area (Å²) in [4.78, 5) is 56.4. The third-order valence-electron chi connectivity index (χ3n) is 9.70. The number of hydrogen-bond donors (Lipinski definition) is 3. The van der Waals surface area contributed by atoms with Gasteiger partial charge in [0.25, 0.3) is 11.8 Å². The topological polar surface area (TPSA) is 123 Å². The number of ether oxygens (including phenoxy) is 2. The molecule has 9 nitrogen and oxygen atoms in total. The molecule has 0 fully saturated rings. The van der Waals surface area contributed by atoms with Gasteiger partial charge in [-0.25, -0.2) is 4.79 Å². The molecule has 0 saturated carbocycles. The summed E-state index contributed by atoms with van der Waals surface area (Å²) in [5, 5.41) is 8.63. The van der Waals surface area contributed by atoms with Crippen LogP contribution in [0.3, 0.4) is 0 Å². The highest BCUT2D eigenvalue weighted by atomic mass is 32.2. The number of nitrogens with one attached hydrogen (secondary N) is 3. The van der Waals surface area contributed by atoms with Crippen LogP contribution in [0.2, 0.25) is 0 Å². The van der Waals surface area contributed by atoms with Gasteiger partial charge in [0.05, 0.1) is 12.7 Å². The van der Waals surface area contributed by atoms with Crippen LogP contribution in [0.15, 0.2) is 150 Å². The predicted molar refractivity (Wildman–Crippen MR) is 235 cm³/mol. The lowest BCUT2D eigenvalue weighted by Gasteiger charge is -2.18. The maximum Gasteiger partial charge on any atom is 0.341 e. The Balaban J connectivity index is 1.11. The van der Waals surface area contributed by atoms with Crippen molar-refractivity contribution in [3.05, 3.63) is 183 Å². The molecule has 11 heteroatoms. The van der Waals surface area contributed by atoms with Gasteiger partial charge in [-0.15, -0.1) is 23.1 Å². The molecule has 0 radical (unpaired) electrons. The summed E-state index contributed by atoms with van der Waals surface area (Å²) in [6, 6.07) is 42.4. The Morgan fingerprint density at radius 3 is 2.19 bits per heavy atom. The Morgan fingerprint density at radius 2 is 1.46 bits per heavy atom. The molecule has 5 aromatic carbocycles. The maximum atomic E-state index is 14.2. The maximum absolute atomic E-state index is 14.2. The van der Waals surface area contributed by atoms with E-state index < -0.39 is 23.0 Å². The quantitative estimate of drug-likeness (QED) is 0.0433. The molecule has 59 heavy (non-hydrogen) atoms. The van der Waals surface area contributed by atoms with E-state index in [1.165, 1.54) is 30.2 Å². The lowest BCUT2D eigenvalue weighted by Crippen LogP contribution is -2.30. The molecule has 298 valence electrons. The highest BCUT2D eigenvalue weighted by molar-refractivity contribution is 8.00. The third-order valence-corrected chi connectivity index (χ3v) is 12.2. The van der Waals surface area contributed by atoms with Crippen molar-refractivity contribution in [1.82, 2.24) is 5.32 Å². The molecule has 1 aliphatic rings. The van der Waals surface area contributed by atoms with Gasteiger partial charge in [0, 0.05) is 21.0 Å². The fourth-order valence-corrected chi connectivity index (χ4v) is 9.08. The summed E-state index contributed by atoms with van der Waals surface area (Å²) in [5.41, 5.74) is 4.80. The number of methoxy groups -OCH3 is 1. The van der Waals surface area contributed by atoms with E-state index in [9.17, 15) is 19.2 Å². The van der Waals surface area contributed by atoms with Crippen LogP contribution in [0, 0.1) is 0 Å². The van der Waals surface area contributed by atoms with E-state index in [4.69, 9.17) is 9.47 Å². The Kier molecular flexibility index (Phi) is 13.7. The van der Waals surface area contributed by atoms with Crippen LogP contribution in [0.25, 0.3) is 6.08 Å². The van der Waals surface area contributed by atoms with Crippen molar-refractivity contribution in [2.45, 2.75) is 48.9 Å². The van der Waals surface area contributed by atoms with E-state index in [2.05, 4.69) is 16.0 Å². The number of aryl methyl sites for hydroxylation is 1. The minimum absolute atomic E-state index is 0.0344. The number of carbonyl (C=O) groups excluding carboxylic acids is 4. The van der Waals surface area contributed by atoms with Gasteiger partial charge < -0.3 is 25.4 Å². The number of amides is 3.